The van der Waals surface area contributed by atoms with E-state index in [9.17, 15) is 0 Å². The second-order valence-corrected chi connectivity index (χ2v) is 3.79. The number of aryl methyl sites for hydroxylation is 2. The maximum atomic E-state index is 4.50. The van der Waals surface area contributed by atoms with Crippen LogP contribution in [0, 0.1) is 6.92 Å². The molecule has 0 saturated heterocycles. The number of aromatic nitrogens is 3. The van der Waals surface area contributed by atoms with E-state index < -0.39 is 0 Å². The second-order valence-electron chi connectivity index (χ2n) is 3.35. The largest absolute Gasteiger partial charge is 0.345 e. The highest BCUT2D eigenvalue weighted by Crippen LogP contribution is 2.18. The van der Waals surface area contributed by atoms with Crippen LogP contribution in [0.15, 0.2) is 24.4 Å². The molecule has 0 aliphatic carbocycles. The summed E-state index contributed by atoms with van der Waals surface area (Å²) in [5.74, 6) is 1.78. The van der Waals surface area contributed by atoms with Gasteiger partial charge >= 0.3 is 0 Å². The Morgan fingerprint density at radius 2 is 2.27 bits per heavy atom. The number of hydrogen-bond donors (Lipinski definition) is 2. The summed E-state index contributed by atoms with van der Waals surface area (Å²) in [5.41, 5.74) is 2.91. The summed E-state index contributed by atoms with van der Waals surface area (Å²) in [6.07, 6.45) is 2.64. The molecule has 2 heterocycles. The first kappa shape index (κ1) is 10.2. The Kier molecular flexibility index (Phi) is 3.06. The molecule has 1 N–H and O–H groups in total. The molecule has 0 atom stereocenters. The Hall–Kier alpha value is -1.29. The summed E-state index contributed by atoms with van der Waals surface area (Å²) in [6.45, 7) is 2.01. The van der Waals surface area contributed by atoms with E-state index in [1.165, 1.54) is 0 Å². The van der Waals surface area contributed by atoms with Gasteiger partial charge in [-0.2, -0.15) is 12.6 Å². The molecule has 2 aromatic heterocycles. The fourth-order valence-corrected chi connectivity index (χ4v) is 1.71. The molecule has 0 radical (unpaired) electrons. The number of aromatic amines is 1. The van der Waals surface area contributed by atoms with Crippen molar-refractivity contribution in [3.05, 3.63) is 35.9 Å². The molecule has 3 nitrogen and oxygen atoms in total. The van der Waals surface area contributed by atoms with Crippen LogP contribution in [-0.4, -0.2) is 20.7 Å². The molecule has 0 aliphatic rings. The summed E-state index contributed by atoms with van der Waals surface area (Å²) >= 11 is 4.19. The molecular formula is C11H13N3S. The van der Waals surface area contributed by atoms with Gasteiger partial charge in [-0.05, 0) is 24.8 Å². The van der Waals surface area contributed by atoms with E-state index in [1.807, 2.05) is 25.1 Å². The van der Waals surface area contributed by atoms with E-state index in [0.29, 0.717) is 0 Å². The highest BCUT2D eigenvalue weighted by atomic mass is 32.1. The van der Waals surface area contributed by atoms with Crippen LogP contribution in [0.3, 0.4) is 0 Å². The van der Waals surface area contributed by atoms with Gasteiger partial charge in [0.2, 0.25) is 0 Å². The first-order valence-corrected chi connectivity index (χ1v) is 5.52. The molecule has 0 unspecified atom stereocenters. The Morgan fingerprint density at radius 3 is 2.93 bits per heavy atom. The minimum Gasteiger partial charge on any atom is -0.345 e. The monoisotopic (exact) mass is 219 g/mol. The topological polar surface area (TPSA) is 41.6 Å². The van der Waals surface area contributed by atoms with E-state index in [2.05, 4.69) is 27.6 Å². The van der Waals surface area contributed by atoms with Crippen LogP contribution in [0.25, 0.3) is 11.4 Å². The van der Waals surface area contributed by atoms with Crippen molar-refractivity contribution in [3.8, 4) is 11.4 Å². The van der Waals surface area contributed by atoms with Crippen molar-refractivity contribution in [1.82, 2.24) is 15.0 Å². The number of nitrogens with one attached hydrogen (secondary N) is 1. The van der Waals surface area contributed by atoms with Crippen molar-refractivity contribution in [2.75, 3.05) is 5.75 Å². The second kappa shape index (κ2) is 4.49. The van der Waals surface area contributed by atoms with Gasteiger partial charge in [-0.15, -0.1) is 0 Å². The van der Waals surface area contributed by atoms with Crippen LogP contribution in [0.1, 0.15) is 11.5 Å². The summed E-state index contributed by atoms with van der Waals surface area (Å²) in [5, 5.41) is 0. The van der Waals surface area contributed by atoms with Crippen LogP contribution in [-0.2, 0) is 6.42 Å². The first-order valence-electron chi connectivity index (χ1n) is 4.89. The van der Waals surface area contributed by atoms with E-state index in [0.717, 1.165) is 35.1 Å². The number of pyridine rings is 1. The number of thiol groups is 1. The third kappa shape index (κ3) is 2.21. The lowest BCUT2D eigenvalue weighted by Crippen LogP contribution is -1.88. The Morgan fingerprint density at radius 1 is 1.40 bits per heavy atom. The van der Waals surface area contributed by atoms with Gasteiger partial charge in [0.05, 0.1) is 5.69 Å². The molecule has 0 aliphatic heterocycles. The molecule has 0 amide bonds. The zero-order chi connectivity index (χ0) is 10.7. The quantitative estimate of drug-likeness (QED) is 0.777. The number of hydrogen-bond acceptors (Lipinski definition) is 3. The smallest absolute Gasteiger partial charge is 0.110 e. The predicted molar refractivity (Wildman–Crippen MR) is 64.1 cm³/mol. The highest BCUT2D eigenvalue weighted by molar-refractivity contribution is 7.80. The Labute approximate surface area is 94.4 Å². The van der Waals surface area contributed by atoms with Crippen LogP contribution in [0.2, 0.25) is 0 Å². The maximum Gasteiger partial charge on any atom is 0.110 e. The number of rotatable bonds is 3. The van der Waals surface area contributed by atoms with Crippen molar-refractivity contribution >= 4 is 12.6 Å². The molecule has 2 aromatic rings. The Bertz CT molecular complexity index is 436. The lowest BCUT2D eigenvalue weighted by molar-refractivity contribution is 0.994. The molecule has 15 heavy (non-hydrogen) atoms. The van der Waals surface area contributed by atoms with Gasteiger partial charge in [0.1, 0.15) is 11.5 Å². The fourth-order valence-electron chi connectivity index (χ4n) is 1.50. The number of imidazole rings is 1. The van der Waals surface area contributed by atoms with Crippen molar-refractivity contribution in [1.29, 1.82) is 0 Å². The summed E-state index contributed by atoms with van der Waals surface area (Å²) in [6, 6.07) is 5.84. The number of nitrogens with zero attached hydrogens (tertiary/aromatic N) is 2. The third-order valence-corrected chi connectivity index (χ3v) is 2.41. The normalized spacial score (nSPS) is 10.5. The van der Waals surface area contributed by atoms with Gasteiger partial charge < -0.3 is 4.98 Å². The van der Waals surface area contributed by atoms with Crippen molar-refractivity contribution in [2.24, 2.45) is 0 Å². The van der Waals surface area contributed by atoms with E-state index in [-0.39, 0.29) is 0 Å². The molecule has 0 fully saturated rings. The van der Waals surface area contributed by atoms with E-state index in [1.54, 1.807) is 6.20 Å². The average Bonchev–Trinajstić information content (AvgIpc) is 2.61. The van der Waals surface area contributed by atoms with Crippen LogP contribution >= 0.6 is 12.6 Å². The highest BCUT2D eigenvalue weighted by Gasteiger charge is 2.08. The molecule has 0 spiro atoms. The predicted octanol–water partition coefficient (Wildman–Crippen LogP) is 2.25. The van der Waals surface area contributed by atoms with E-state index in [4.69, 9.17) is 0 Å². The van der Waals surface area contributed by atoms with Gasteiger partial charge in [0.15, 0.2) is 0 Å². The molecule has 4 heteroatoms. The van der Waals surface area contributed by atoms with Crippen molar-refractivity contribution < 1.29 is 0 Å². The summed E-state index contributed by atoms with van der Waals surface area (Å²) in [7, 11) is 0. The van der Waals surface area contributed by atoms with Gasteiger partial charge in [-0.1, -0.05) is 6.07 Å². The molecule has 0 saturated carbocycles. The molecule has 78 valence electrons. The third-order valence-electron chi connectivity index (χ3n) is 2.19. The standard InChI is InChI=1S/C11H13N3S/c1-8-11(9-4-2-3-6-12-9)14-10(13-8)5-7-15/h2-4,6,15H,5,7H2,1H3,(H,13,14). The van der Waals surface area contributed by atoms with Crippen LogP contribution in [0.5, 0.6) is 0 Å². The molecular weight excluding hydrogens is 206 g/mol. The zero-order valence-electron chi connectivity index (χ0n) is 8.57. The Balaban J connectivity index is 2.36. The van der Waals surface area contributed by atoms with Gasteiger partial charge in [0, 0.05) is 18.3 Å². The lowest BCUT2D eigenvalue weighted by atomic mass is 10.2. The van der Waals surface area contributed by atoms with Crippen molar-refractivity contribution in [2.45, 2.75) is 13.3 Å². The first-order chi connectivity index (χ1) is 7.31. The minimum atomic E-state index is 0.800. The zero-order valence-corrected chi connectivity index (χ0v) is 9.46. The molecule has 2 rings (SSSR count). The number of H-pyrrole nitrogens is 1. The fraction of sp³-hybridized carbons (Fsp3) is 0.273. The van der Waals surface area contributed by atoms with Gasteiger partial charge in [-0.3, -0.25) is 4.98 Å². The van der Waals surface area contributed by atoms with E-state index >= 15 is 0 Å². The van der Waals surface area contributed by atoms with Crippen molar-refractivity contribution in [3.63, 3.8) is 0 Å². The summed E-state index contributed by atoms with van der Waals surface area (Å²) < 4.78 is 0. The summed E-state index contributed by atoms with van der Waals surface area (Å²) in [4.78, 5) is 12.0. The van der Waals surface area contributed by atoms with Crippen LogP contribution < -0.4 is 0 Å². The maximum absolute atomic E-state index is 4.50. The lowest BCUT2D eigenvalue weighted by Gasteiger charge is -1.95. The SMILES string of the molecule is Cc1[nH]c(CCS)nc1-c1ccccn1. The minimum absolute atomic E-state index is 0.800. The molecule has 0 aromatic carbocycles. The van der Waals surface area contributed by atoms with Gasteiger partial charge in [0.25, 0.3) is 0 Å². The molecule has 0 bridgehead atoms. The average molecular weight is 219 g/mol. The van der Waals surface area contributed by atoms with Gasteiger partial charge in [-0.25, -0.2) is 4.98 Å². The van der Waals surface area contributed by atoms with Crippen LogP contribution in [0.4, 0.5) is 0 Å².